The largest absolute Gasteiger partial charge is 0.497 e. The van der Waals surface area contributed by atoms with Gasteiger partial charge in [-0.15, -0.1) is 0 Å². The Kier molecular flexibility index (Phi) is 5.13. The molecule has 0 spiro atoms. The van der Waals surface area contributed by atoms with Crippen LogP contribution in [0, 0.1) is 0 Å². The van der Waals surface area contributed by atoms with Gasteiger partial charge in [-0.2, -0.15) is 0 Å². The zero-order chi connectivity index (χ0) is 18.7. The minimum absolute atomic E-state index is 0.462. The van der Waals surface area contributed by atoms with Gasteiger partial charge >= 0.3 is 6.03 Å². The number of primary amides is 1. The van der Waals surface area contributed by atoms with Crippen LogP contribution >= 0.6 is 11.8 Å². The van der Waals surface area contributed by atoms with E-state index in [9.17, 15) is 9.59 Å². The van der Waals surface area contributed by atoms with Crippen molar-refractivity contribution in [1.82, 2.24) is 14.9 Å². The molecule has 8 heteroatoms. The molecule has 1 aromatic heterocycles. The zero-order valence-corrected chi connectivity index (χ0v) is 15.1. The molecule has 3 N–H and O–H groups in total. The summed E-state index contributed by atoms with van der Waals surface area (Å²) >= 11 is 1.25. The Balaban J connectivity index is 2.01. The summed E-state index contributed by atoms with van der Waals surface area (Å²) < 4.78 is 7.18. The second-order valence-electron chi connectivity index (χ2n) is 5.53. The highest BCUT2D eigenvalue weighted by Crippen LogP contribution is 2.31. The number of imide groups is 1. The van der Waals surface area contributed by atoms with Crippen molar-refractivity contribution in [3.8, 4) is 11.4 Å². The maximum absolute atomic E-state index is 12.0. The quantitative estimate of drug-likeness (QED) is 0.673. The SMILES string of the molecule is COc1ccc(-n2c(S[C@@H](C)C(=O)NC(N)=O)nc3ccccc32)cc1. The fraction of sp³-hybridized carbons (Fsp3) is 0.167. The highest BCUT2D eigenvalue weighted by molar-refractivity contribution is 8.00. The molecule has 1 heterocycles. The standard InChI is InChI=1S/C18H18N4O3S/c1-11(16(23)21-17(19)24)26-18-20-14-5-3-4-6-15(14)22(18)12-7-9-13(25-2)10-8-12/h3-11H,1-2H3,(H3,19,21,23,24)/t11-/m0/s1. The van der Waals surface area contributed by atoms with Crippen LogP contribution in [0.2, 0.25) is 0 Å². The van der Waals surface area contributed by atoms with Gasteiger partial charge in [0.25, 0.3) is 0 Å². The molecule has 7 nitrogen and oxygen atoms in total. The van der Waals surface area contributed by atoms with Crippen LogP contribution in [0.25, 0.3) is 16.7 Å². The molecule has 0 unspecified atom stereocenters. The van der Waals surface area contributed by atoms with Gasteiger partial charge in [-0.25, -0.2) is 9.78 Å². The van der Waals surface area contributed by atoms with Gasteiger partial charge < -0.3 is 10.5 Å². The number of imidazole rings is 1. The Labute approximate surface area is 154 Å². The number of para-hydroxylation sites is 2. The van der Waals surface area contributed by atoms with E-state index in [1.807, 2.05) is 53.1 Å². The van der Waals surface area contributed by atoms with Crippen LogP contribution in [-0.4, -0.2) is 33.8 Å². The number of amides is 3. The van der Waals surface area contributed by atoms with Crippen molar-refractivity contribution in [2.24, 2.45) is 5.73 Å². The highest BCUT2D eigenvalue weighted by Gasteiger charge is 2.21. The predicted molar refractivity (Wildman–Crippen MR) is 101 cm³/mol. The van der Waals surface area contributed by atoms with Crippen molar-refractivity contribution in [1.29, 1.82) is 0 Å². The number of methoxy groups -OCH3 is 1. The number of rotatable bonds is 5. The number of aromatic nitrogens is 2. The number of hydrogen-bond acceptors (Lipinski definition) is 5. The van der Waals surface area contributed by atoms with E-state index < -0.39 is 17.2 Å². The first-order valence-electron chi connectivity index (χ1n) is 7.88. The van der Waals surface area contributed by atoms with E-state index in [1.54, 1.807) is 14.0 Å². The number of carbonyl (C=O) groups excluding carboxylic acids is 2. The lowest BCUT2D eigenvalue weighted by atomic mass is 10.2. The van der Waals surface area contributed by atoms with Crippen LogP contribution < -0.4 is 15.8 Å². The van der Waals surface area contributed by atoms with Gasteiger partial charge in [-0.05, 0) is 43.3 Å². The lowest BCUT2D eigenvalue weighted by molar-refractivity contribution is -0.119. The van der Waals surface area contributed by atoms with E-state index in [1.165, 1.54) is 11.8 Å². The topological polar surface area (TPSA) is 99.2 Å². The van der Waals surface area contributed by atoms with Gasteiger partial charge in [0.15, 0.2) is 5.16 Å². The summed E-state index contributed by atoms with van der Waals surface area (Å²) in [6.07, 6.45) is 0. The number of ether oxygens (including phenoxy) is 1. The molecule has 134 valence electrons. The van der Waals surface area contributed by atoms with Crippen molar-refractivity contribution >= 4 is 34.7 Å². The second kappa shape index (κ2) is 7.49. The molecule has 0 saturated carbocycles. The first-order valence-corrected chi connectivity index (χ1v) is 8.76. The minimum atomic E-state index is -0.869. The summed E-state index contributed by atoms with van der Waals surface area (Å²) in [7, 11) is 1.61. The predicted octanol–water partition coefficient (Wildman–Crippen LogP) is 2.71. The van der Waals surface area contributed by atoms with E-state index >= 15 is 0 Å². The average Bonchev–Trinajstić information content (AvgIpc) is 2.99. The average molecular weight is 370 g/mol. The number of benzene rings is 2. The Morgan fingerprint density at radius 1 is 1.19 bits per heavy atom. The Bertz CT molecular complexity index is 953. The zero-order valence-electron chi connectivity index (χ0n) is 14.3. The molecule has 3 rings (SSSR count). The first kappa shape index (κ1) is 17.8. The van der Waals surface area contributed by atoms with Crippen molar-refractivity contribution in [2.45, 2.75) is 17.3 Å². The minimum Gasteiger partial charge on any atom is -0.497 e. The first-order chi connectivity index (χ1) is 12.5. The Morgan fingerprint density at radius 3 is 2.54 bits per heavy atom. The molecular formula is C18H18N4O3S. The number of thioether (sulfide) groups is 1. The van der Waals surface area contributed by atoms with Crippen LogP contribution in [-0.2, 0) is 4.79 Å². The molecule has 2 aromatic carbocycles. The molecule has 3 aromatic rings. The number of hydrogen-bond donors (Lipinski definition) is 2. The normalized spacial score (nSPS) is 11.9. The second-order valence-corrected chi connectivity index (χ2v) is 6.84. The summed E-state index contributed by atoms with van der Waals surface area (Å²) in [5.74, 6) is 0.289. The maximum Gasteiger partial charge on any atom is 0.318 e. The Morgan fingerprint density at radius 2 is 1.88 bits per heavy atom. The lowest BCUT2D eigenvalue weighted by Gasteiger charge is -2.13. The molecule has 26 heavy (non-hydrogen) atoms. The summed E-state index contributed by atoms with van der Waals surface area (Å²) in [5.41, 5.74) is 7.65. The van der Waals surface area contributed by atoms with Gasteiger partial charge in [0, 0.05) is 5.69 Å². The molecule has 0 fully saturated rings. The fourth-order valence-electron chi connectivity index (χ4n) is 2.50. The highest BCUT2D eigenvalue weighted by atomic mass is 32.2. The monoisotopic (exact) mass is 370 g/mol. The van der Waals surface area contributed by atoms with Crippen LogP contribution in [0.1, 0.15) is 6.92 Å². The van der Waals surface area contributed by atoms with Crippen LogP contribution in [0.5, 0.6) is 5.75 Å². The van der Waals surface area contributed by atoms with Crippen LogP contribution in [0.15, 0.2) is 53.7 Å². The van der Waals surface area contributed by atoms with Crippen LogP contribution in [0.4, 0.5) is 4.79 Å². The van der Waals surface area contributed by atoms with E-state index in [2.05, 4.69) is 10.3 Å². The smallest absolute Gasteiger partial charge is 0.318 e. The molecule has 0 bridgehead atoms. The molecule has 0 aliphatic heterocycles. The van der Waals surface area contributed by atoms with Crippen molar-refractivity contribution in [2.75, 3.05) is 7.11 Å². The van der Waals surface area contributed by atoms with E-state index in [-0.39, 0.29) is 0 Å². The molecule has 0 aliphatic rings. The summed E-state index contributed by atoms with van der Waals surface area (Å²) in [4.78, 5) is 27.6. The van der Waals surface area contributed by atoms with Crippen molar-refractivity contribution in [3.63, 3.8) is 0 Å². The summed E-state index contributed by atoms with van der Waals surface area (Å²) in [6, 6.07) is 14.4. The third-order valence-electron chi connectivity index (χ3n) is 3.76. The number of nitrogens with two attached hydrogens (primary N) is 1. The van der Waals surface area contributed by atoms with Crippen LogP contribution in [0.3, 0.4) is 0 Å². The van der Waals surface area contributed by atoms with Crippen molar-refractivity contribution in [3.05, 3.63) is 48.5 Å². The number of nitrogens with zero attached hydrogens (tertiary/aromatic N) is 2. The number of nitrogens with one attached hydrogen (secondary N) is 1. The molecule has 0 aliphatic carbocycles. The van der Waals surface area contributed by atoms with Crippen molar-refractivity contribution < 1.29 is 14.3 Å². The van der Waals surface area contributed by atoms with Gasteiger partial charge in [0.05, 0.1) is 23.4 Å². The Hall–Kier alpha value is -3.00. The number of fused-ring (bicyclic) bond motifs is 1. The van der Waals surface area contributed by atoms with Gasteiger partial charge in [-0.3, -0.25) is 14.7 Å². The lowest BCUT2D eigenvalue weighted by Crippen LogP contribution is -2.39. The maximum atomic E-state index is 12.0. The number of urea groups is 1. The summed E-state index contributed by atoms with van der Waals surface area (Å²) in [5, 5.41) is 2.19. The number of carbonyl (C=O) groups is 2. The molecule has 3 amide bonds. The fourth-order valence-corrected chi connectivity index (χ4v) is 3.44. The van der Waals surface area contributed by atoms with E-state index in [0.717, 1.165) is 22.5 Å². The van der Waals surface area contributed by atoms with E-state index in [4.69, 9.17) is 10.5 Å². The summed E-state index contributed by atoms with van der Waals surface area (Å²) in [6.45, 7) is 1.70. The third-order valence-corrected chi connectivity index (χ3v) is 4.81. The van der Waals surface area contributed by atoms with Gasteiger partial charge in [0.2, 0.25) is 5.91 Å². The molecular weight excluding hydrogens is 352 g/mol. The van der Waals surface area contributed by atoms with Gasteiger partial charge in [0.1, 0.15) is 5.75 Å². The van der Waals surface area contributed by atoms with E-state index in [0.29, 0.717) is 5.16 Å². The molecule has 1 atom stereocenters. The molecule has 0 radical (unpaired) electrons. The van der Waals surface area contributed by atoms with Gasteiger partial charge in [-0.1, -0.05) is 23.9 Å². The third kappa shape index (κ3) is 3.65. The molecule has 0 saturated heterocycles.